The summed E-state index contributed by atoms with van der Waals surface area (Å²) in [5.41, 5.74) is 0.429. The topological polar surface area (TPSA) is 138 Å². The van der Waals surface area contributed by atoms with Gasteiger partial charge in [0.15, 0.2) is 0 Å². The number of anilines is 1. The number of aliphatic hydroxyl groups is 1. The second-order valence-corrected chi connectivity index (χ2v) is 15.6. The van der Waals surface area contributed by atoms with Gasteiger partial charge < -0.3 is 29.7 Å². The Kier molecular flexibility index (Phi) is 13.1. The summed E-state index contributed by atoms with van der Waals surface area (Å²) < 4.78 is 41.3. The van der Waals surface area contributed by atoms with Gasteiger partial charge in [0, 0.05) is 44.4 Å². The maximum absolute atomic E-state index is 14.3. The lowest BCUT2D eigenvalue weighted by molar-refractivity contribution is -0.0123. The summed E-state index contributed by atoms with van der Waals surface area (Å²) in [6.07, 6.45) is 7.25. The second-order valence-electron chi connectivity index (χ2n) is 12.7. The molecule has 0 saturated heterocycles. The number of sulfonamides is 1. The molecule has 256 valence electrons. The molecule has 4 atom stereocenters. The van der Waals surface area contributed by atoms with Gasteiger partial charge in [-0.2, -0.15) is 0 Å². The Balaban J connectivity index is 1.60. The summed E-state index contributed by atoms with van der Waals surface area (Å²) >= 11 is 1.10. The number of benzene rings is 1. The van der Waals surface area contributed by atoms with Gasteiger partial charge >= 0.3 is 6.03 Å². The van der Waals surface area contributed by atoms with Crippen LogP contribution in [-0.4, -0.2) is 92.9 Å². The Morgan fingerprint density at radius 3 is 2.57 bits per heavy atom. The number of hydrogen-bond acceptors (Lipinski definition) is 8. The third kappa shape index (κ3) is 9.82. The minimum absolute atomic E-state index is 0.129. The number of amides is 3. The molecule has 2 aromatic rings. The zero-order valence-electron chi connectivity index (χ0n) is 27.4. The van der Waals surface area contributed by atoms with Gasteiger partial charge in [0.05, 0.1) is 30.4 Å². The number of thiophene rings is 1. The molecule has 3 amide bonds. The molecule has 4 rings (SSSR count). The molecule has 1 aromatic carbocycles. The molecule has 11 nitrogen and oxygen atoms in total. The van der Waals surface area contributed by atoms with Crippen LogP contribution in [0.5, 0.6) is 5.75 Å². The summed E-state index contributed by atoms with van der Waals surface area (Å²) in [7, 11) is -2.07. The highest BCUT2D eigenvalue weighted by Gasteiger charge is 2.31. The predicted octanol–water partition coefficient (Wildman–Crippen LogP) is 5.32. The van der Waals surface area contributed by atoms with Crippen LogP contribution >= 0.6 is 11.3 Å². The molecule has 1 fully saturated rings. The number of fused-ring (bicyclic) bond motifs is 1. The summed E-state index contributed by atoms with van der Waals surface area (Å²) in [6.45, 7) is 6.51. The van der Waals surface area contributed by atoms with Crippen molar-refractivity contribution in [3.63, 3.8) is 0 Å². The Bertz CT molecular complexity index is 1380. The Hall–Kier alpha value is -2.87. The van der Waals surface area contributed by atoms with Crippen molar-refractivity contribution in [3.8, 4) is 5.75 Å². The first-order chi connectivity index (χ1) is 22.0. The molecule has 0 radical (unpaired) electrons. The molecule has 1 aromatic heterocycles. The van der Waals surface area contributed by atoms with E-state index in [0.29, 0.717) is 18.9 Å². The summed E-state index contributed by atoms with van der Waals surface area (Å²) in [5, 5.41) is 15.0. The molecule has 2 aliphatic rings. The lowest BCUT2D eigenvalue weighted by atomic mass is 9.96. The Morgan fingerprint density at radius 1 is 1.13 bits per heavy atom. The van der Waals surface area contributed by atoms with E-state index in [1.165, 1.54) is 18.6 Å². The van der Waals surface area contributed by atoms with Crippen molar-refractivity contribution >= 4 is 39.0 Å². The number of rotatable bonds is 8. The number of ether oxygens (including phenoxy) is 2. The highest BCUT2D eigenvalue weighted by atomic mass is 32.2. The quantitative estimate of drug-likeness (QED) is 0.344. The van der Waals surface area contributed by atoms with E-state index in [4.69, 9.17) is 9.47 Å². The Labute approximate surface area is 277 Å². The molecule has 2 heterocycles. The smallest absolute Gasteiger partial charge is 0.317 e. The largest absolute Gasteiger partial charge is 0.490 e. The van der Waals surface area contributed by atoms with Crippen molar-refractivity contribution < 1.29 is 32.6 Å². The van der Waals surface area contributed by atoms with Crippen molar-refractivity contribution in [2.45, 2.75) is 101 Å². The number of carbonyl (C=O) groups excluding carboxylic acids is 2. The molecule has 0 bridgehead atoms. The second kappa shape index (κ2) is 16.8. The molecule has 0 unspecified atom stereocenters. The highest BCUT2D eigenvalue weighted by molar-refractivity contribution is 7.94. The number of likely N-dealkylation sites (N-methyl/N-ethyl adjacent to an activating group) is 1. The number of nitrogens with one attached hydrogen (secondary N) is 2. The highest BCUT2D eigenvalue weighted by Crippen LogP contribution is 2.30. The molecule has 1 aliphatic carbocycles. The van der Waals surface area contributed by atoms with Crippen molar-refractivity contribution in [1.82, 2.24) is 15.1 Å². The minimum atomic E-state index is -3.84. The lowest BCUT2D eigenvalue weighted by Gasteiger charge is -2.36. The third-order valence-electron chi connectivity index (χ3n) is 8.80. The summed E-state index contributed by atoms with van der Waals surface area (Å²) in [4.78, 5) is 30.7. The van der Waals surface area contributed by atoms with Gasteiger partial charge in [-0.1, -0.05) is 32.3 Å². The number of urea groups is 1. The first kappa shape index (κ1) is 36.0. The molecule has 1 aliphatic heterocycles. The fraction of sp³-hybridized carbons (Fsp3) is 0.636. The van der Waals surface area contributed by atoms with E-state index in [0.717, 1.165) is 56.3 Å². The normalized spacial score (nSPS) is 23.0. The van der Waals surface area contributed by atoms with Crippen LogP contribution in [0.2, 0.25) is 0 Å². The monoisotopic (exact) mass is 678 g/mol. The van der Waals surface area contributed by atoms with E-state index in [2.05, 4.69) is 10.0 Å². The van der Waals surface area contributed by atoms with E-state index < -0.39 is 22.0 Å². The van der Waals surface area contributed by atoms with Crippen molar-refractivity contribution in [1.29, 1.82) is 0 Å². The minimum Gasteiger partial charge on any atom is -0.490 e. The van der Waals surface area contributed by atoms with Crippen LogP contribution in [-0.2, 0) is 14.8 Å². The van der Waals surface area contributed by atoms with Crippen LogP contribution in [0.25, 0.3) is 0 Å². The molecule has 0 spiro atoms. The fourth-order valence-electron chi connectivity index (χ4n) is 5.96. The Morgan fingerprint density at radius 2 is 1.87 bits per heavy atom. The SMILES string of the molecule is C[C@@H]1CN([C@H](C)CO)C(=O)c2cc(NS(=O)(=O)c3cccs3)ccc2O[C@@H](C)CCCCO[C@@H]1CN(C)C(=O)NC1CCCCC1. The van der Waals surface area contributed by atoms with E-state index in [1.807, 2.05) is 13.8 Å². The zero-order chi connectivity index (χ0) is 33.3. The van der Waals surface area contributed by atoms with Gasteiger partial charge in [0.1, 0.15) is 9.96 Å². The van der Waals surface area contributed by atoms with E-state index >= 15 is 0 Å². The molecular formula is C33H50N4O7S2. The average Bonchev–Trinajstić information content (AvgIpc) is 3.59. The molecular weight excluding hydrogens is 629 g/mol. The standard InChI is InChI=1S/C33H50N4O7S2/c1-23-20-37(24(2)22-38)32(39)28-19-27(35-46(41,42)31-14-10-18-45-31)15-16-29(28)44-25(3)11-8-9-17-43-30(23)21-36(4)33(40)34-26-12-6-5-7-13-26/h10,14-16,18-19,23-26,30,35,38H,5-9,11-13,17,20-22H2,1-4H3,(H,34,40)/t23-,24-,25+,30-/m1/s1. The molecule has 13 heteroatoms. The molecule has 1 saturated carbocycles. The first-order valence-electron chi connectivity index (χ1n) is 16.4. The van der Waals surface area contributed by atoms with Crippen LogP contribution in [0.1, 0.15) is 82.5 Å². The summed E-state index contributed by atoms with van der Waals surface area (Å²) in [6, 6.07) is 7.41. The number of nitrogens with zero attached hydrogens (tertiary/aromatic N) is 2. The van der Waals surface area contributed by atoms with Crippen LogP contribution in [0.4, 0.5) is 10.5 Å². The summed E-state index contributed by atoms with van der Waals surface area (Å²) in [5.74, 6) is -0.245. The predicted molar refractivity (Wildman–Crippen MR) is 180 cm³/mol. The van der Waals surface area contributed by atoms with Crippen LogP contribution in [0.15, 0.2) is 39.9 Å². The van der Waals surface area contributed by atoms with Gasteiger partial charge in [-0.3, -0.25) is 9.52 Å². The van der Waals surface area contributed by atoms with Crippen molar-refractivity contribution in [2.24, 2.45) is 5.92 Å². The van der Waals surface area contributed by atoms with E-state index in [-0.39, 0.29) is 58.8 Å². The van der Waals surface area contributed by atoms with Gasteiger partial charge in [0.2, 0.25) is 0 Å². The number of hydrogen-bond donors (Lipinski definition) is 3. The van der Waals surface area contributed by atoms with Crippen LogP contribution in [0, 0.1) is 5.92 Å². The maximum Gasteiger partial charge on any atom is 0.317 e. The van der Waals surface area contributed by atoms with Crippen molar-refractivity contribution in [3.05, 3.63) is 41.3 Å². The van der Waals surface area contributed by atoms with Crippen LogP contribution < -0.4 is 14.8 Å². The first-order valence-corrected chi connectivity index (χ1v) is 18.8. The number of carbonyl (C=O) groups is 2. The maximum atomic E-state index is 14.3. The van der Waals surface area contributed by atoms with E-state index in [1.54, 1.807) is 47.4 Å². The van der Waals surface area contributed by atoms with Gasteiger partial charge in [-0.25, -0.2) is 13.2 Å². The molecule has 46 heavy (non-hydrogen) atoms. The average molecular weight is 679 g/mol. The third-order valence-corrected chi connectivity index (χ3v) is 11.6. The van der Waals surface area contributed by atoms with Crippen molar-refractivity contribution in [2.75, 3.05) is 38.1 Å². The van der Waals surface area contributed by atoms with Crippen LogP contribution in [0.3, 0.4) is 0 Å². The fourth-order valence-corrected chi connectivity index (χ4v) is 8.00. The van der Waals surface area contributed by atoms with Gasteiger partial charge in [0.25, 0.3) is 15.9 Å². The van der Waals surface area contributed by atoms with Gasteiger partial charge in [-0.15, -0.1) is 11.3 Å². The molecule has 3 N–H and O–H groups in total. The number of aliphatic hydroxyl groups excluding tert-OH is 1. The van der Waals surface area contributed by atoms with Gasteiger partial charge in [-0.05, 0) is 75.6 Å². The zero-order valence-corrected chi connectivity index (χ0v) is 29.1. The lowest BCUT2D eigenvalue weighted by Crippen LogP contribution is -2.50. The van der Waals surface area contributed by atoms with E-state index in [9.17, 15) is 23.1 Å².